The van der Waals surface area contributed by atoms with E-state index in [0.29, 0.717) is 6.42 Å². The number of hydrogen-bond acceptors (Lipinski definition) is 3. The lowest BCUT2D eigenvalue weighted by molar-refractivity contribution is 0.117. The molecule has 0 bridgehead atoms. The van der Waals surface area contributed by atoms with Crippen LogP contribution in [0.15, 0.2) is 59.6 Å². The number of aliphatic imine (C=N–C) groups is 1. The Balaban J connectivity index is 1.72. The Morgan fingerprint density at radius 2 is 1.68 bits per heavy atom. The molecule has 6 nitrogen and oxygen atoms in total. The third kappa shape index (κ3) is 5.49. The molecule has 0 aromatic heterocycles. The maximum atomic E-state index is 12.5. The molecule has 0 saturated heterocycles. The van der Waals surface area contributed by atoms with E-state index in [0.717, 1.165) is 42.5 Å². The molecule has 1 amide bonds. The van der Waals surface area contributed by atoms with Gasteiger partial charge >= 0.3 is 6.09 Å². The molecule has 0 spiro atoms. The van der Waals surface area contributed by atoms with Gasteiger partial charge in [0.2, 0.25) is 0 Å². The highest BCUT2D eigenvalue weighted by Gasteiger charge is 2.35. The fraction of sp³-hybridized carbons (Fsp3) is 0.364. The molecule has 2 aromatic carbocycles. The Morgan fingerprint density at radius 1 is 1.00 bits per heavy atom. The van der Waals surface area contributed by atoms with Crippen LogP contribution < -0.4 is 16.8 Å². The zero-order valence-electron chi connectivity index (χ0n) is 16.1. The van der Waals surface area contributed by atoms with Crippen molar-refractivity contribution < 1.29 is 9.53 Å². The third-order valence-corrected chi connectivity index (χ3v) is 5.16. The van der Waals surface area contributed by atoms with E-state index in [1.165, 1.54) is 6.42 Å². The molecule has 6 heteroatoms. The molecular weight excluding hydrogens is 352 g/mol. The minimum Gasteiger partial charge on any atom is -0.445 e. The second-order valence-corrected chi connectivity index (χ2v) is 7.37. The van der Waals surface area contributed by atoms with Crippen LogP contribution in [0.5, 0.6) is 0 Å². The number of carbonyl (C=O) groups excluding carboxylic acids is 1. The number of carbonyl (C=O) groups is 1. The zero-order chi connectivity index (χ0) is 19.8. The molecule has 28 heavy (non-hydrogen) atoms. The normalized spacial score (nSPS) is 15.4. The van der Waals surface area contributed by atoms with Gasteiger partial charge in [0.1, 0.15) is 6.61 Å². The Hall–Kier alpha value is -3.02. The second-order valence-electron chi connectivity index (χ2n) is 7.37. The summed E-state index contributed by atoms with van der Waals surface area (Å²) in [6, 6.07) is 17.4. The molecule has 0 heterocycles. The van der Waals surface area contributed by atoms with Crippen LogP contribution in [-0.4, -0.2) is 17.6 Å². The van der Waals surface area contributed by atoms with E-state index in [1.54, 1.807) is 0 Å². The molecule has 1 saturated carbocycles. The summed E-state index contributed by atoms with van der Waals surface area (Å²) < 4.78 is 5.47. The van der Waals surface area contributed by atoms with E-state index < -0.39 is 0 Å². The number of rotatable bonds is 6. The molecule has 0 aliphatic heterocycles. The summed E-state index contributed by atoms with van der Waals surface area (Å²) in [5.41, 5.74) is 13.5. The van der Waals surface area contributed by atoms with Gasteiger partial charge < -0.3 is 21.5 Å². The van der Waals surface area contributed by atoms with Crippen molar-refractivity contribution in [2.75, 3.05) is 0 Å². The first kappa shape index (κ1) is 19.7. The van der Waals surface area contributed by atoms with Gasteiger partial charge in [0.15, 0.2) is 5.96 Å². The van der Waals surface area contributed by atoms with Gasteiger partial charge in [-0.3, -0.25) is 0 Å². The molecule has 148 valence electrons. The summed E-state index contributed by atoms with van der Waals surface area (Å²) in [6.07, 6.45) is 5.42. The number of nitrogens with one attached hydrogen (secondary N) is 1. The third-order valence-electron chi connectivity index (χ3n) is 5.16. The number of nitrogens with two attached hydrogens (primary N) is 2. The lowest BCUT2D eigenvalue weighted by atomic mass is 9.77. The van der Waals surface area contributed by atoms with Gasteiger partial charge in [0.05, 0.1) is 5.69 Å². The molecule has 0 atom stereocenters. The van der Waals surface area contributed by atoms with Crippen LogP contribution in [0.2, 0.25) is 0 Å². The number of nitrogens with zero attached hydrogens (tertiary/aromatic N) is 1. The van der Waals surface area contributed by atoms with Crippen molar-refractivity contribution in [2.45, 2.75) is 50.7 Å². The Kier molecular flexibility index (Phi) is 6.53. The van der Waals surface area contributed by atoms with E-state index in [2.05, 4.69) is 10.3 Å². The summed E-state index contributed by atoms with van der Waals surface area (Å²) >= 11 is 0. The van der Waals surface area contributed by atoms with Crippen LogP contribution in [0, 0.1) is 0 Å². The predicted octanol–water partition coefficient (Wildman–Crippen LogP) is 3.76. The smallest absolute Gasteiger partial charge is 0.407 e. The van der Waals surface area contributed by atoms with E-state index in [4.69, 9.17) is 16.2 Å². The minimum atomic E-state index is -0.384. The zero-order valence-corrected chi connectivity index (χ0v) is 16.1. The number of alkyl carbamates (subject to hydrolysis) is 1. The molecule has 5 N–H and O–H groups in total. The monoisotopic (exact) mass is 380 g/mol. The van der Waals surface area contributed by atoms with Gasteiger partial charge in [-0.05, 0) is 36.5 Å². The fourth-order valence-corrected chi connectivity index (χ4v) is 3.82. The molecule has 1 aliphatic rings. The molecule has 0 radical (unpaired) electrons. The largest absolute Gasteiger partial charge is 0.445 e. The first-order chi connectivity index (χ1) is 13.6. The lowest BCUT2D eigenvalue weighted by Gasteiger charge is -2.38. The first-order valence-electron chi connectivity index (χ1n) is 9.73. The SMILES string of the molecule is NC(N)=Nc1ccccc1CC1(NC(=O)OCc2ccccc2)CCCCC1. The van der Waals surface area contributed by atoms with Gasteiger partial charge in [-0.15, -0.1) is 0 Å². The Labute approximate surface area is 166 Å². The number of hydrogen-bond donors (Lipinski definition) is 3. The summed E-state index contributed by atoms with van der Waals surface area (Å²) in [7, 11) is 0. The summed E-state index contributed by atoms with van der Waals surface area (Å²) in [5, 5.41) is 3.16. The van der Waals surface area contributed by atoms with E-state index >= 15 is 0 Å². The summed E-state index contributed by atoms with van der Waals surface area (Å²) in [6.45, 7) is 0.257. The van der Waals surface area contributed by atoms with Crippen molar-refractivity contribution in [1.29, 1.82) is 0 Å². The maximum absolute atomic E-state index is 12.5. The van der Waals surface area contributed by atoms with E-state index in [1.807, 2.05) is 54.6 Å². The number of para-hydroxylation sites is 1. The molecule has 1 fully saturated rings. The van der Waals surface area contributed by atoms with Gasteiger partial charge in [-0.25, -0.2) is 9.79 Å². The number of guanidine groups is 1. The van der Waals surface area contributed by atoms with Gasteiger partial charge in [0, 0.05) is 5.54 Å². The Morgan fingerprint density at radius 3 is 2.39 bits per heavy atom. The minimum absolute atomic E-state index is 0.0281. The summed E-state index contributed by atoms with van der Waals surface area (Å²) in [4.78, 5) is 16.8. The molecule has 3 rings (SSSR count). The maximum Gasteiger partial charge on any atom is 0.407 e. The molecule has 0 unspecified atom stereocenters. The highest BCUT2D eigenvalue weighted by molar-refractivity contribution is 5.79. The lowest BCUT2D eigenvalue weighted by Crippen LogP contribution is -2.51. The molecule has 2 aromatic rings. The van der Waals surface area contributed by atoms with Crippen molar-refractivity contribution in [3.63, 3.8) is 0 Å². The van der Waals surface area contributed by atoms with E-state index in [9.17, 15) is 4.79 Å². The molecular formula is C22H28N4O2. The average Bonchev–Trinajstić information content (AvgIpc) is 2.69. The van der Waals surface area contributed by atoms with Gasteiger partial charge in [0.25, 0.3) is 0 Å². The Bertz CT molecular complexity index is 810. The van der Waals surface area contributed by atoms with Crippen LogP contribution in [0.1, 0.15) is 43.2 Å². The van der Waals surface area contributed by atoms with Crippen LogP contribution in [0.25, 0.3) is 0 Å². The second kappa shape index (κ2) is 9.26. The van der Waals surface area contributed by atoms with Crippen LogP contribution >= 0.6 is 0 Å². The van der Waals surface area contributed by atoms with Crippen molar-refractivity contribution in [1.82, 2.24) is 5.32 Å². The number of ether oxygens (including phenoxy) is 1. The van der Waals surface area contributed by atoms with Crippen molar-refractivity contribution >= 4 is 17.7 Å². The van der Waals surface area contributed by atoms with Crippen LogP contribution in [0.4, 0.5) is 10.5 Å². The highest BCUT2D eigenvalue weighted by Crippen LogP contribution is 2.34. The first-order valence-corrected chi connectivity index (χ1v) is 9.73. The topological polar surface area (TPSA) is 103 Å². The quantitative estimate of drug-likeness (QED) is 0.524. The van der Waals surface area contributed by atoms with Crippen molar-refractivity contribution in [3.05, 3.63) is 65.7 Å². The summed E-state index contributed by atoms with van der Waals surface area (Å²) in [5.74, 6) is 0.0281. The van der Waals surface area contributed by atoms with Gasteiger partial charge in [-0.2, -0.15) is 0 Å². The molecule has 1 aliphatic carbocycles. The van der Waals surface area contributed by atoms with Crippen molar-refractivity contribution in [2.24, 2.45) is 16.5 Å². The van der Waals surface area contributed by atoms with E-state index in [-0.39, 0.29) is 24.2 Å². The number of benzene rings is 2. The number of amides is 1. The fourth-order valence-electron chi connectivity index (χ4n) is 3.82. The van der Waals surface area contributed by atoms with Crippen LogP contribution in [-0.2, 0) is 17.8 Å². The standard InChI is InChI=1S/C22H28N4O2/c23-20(24)25-19-12-6-5-11-18(19)15-22(13-7-2-8-14-22)26-21(27)28-16-17-9-3-1-4-10-17/h1,3-6,9-12H,2,7-8,13-16H2,(H,26,27)(H4,23,24,25). The highest BCUT2D eigenvalue weighted by atomic mass is 16.5. The average molecular weight is 380 g/mol. The predicted molar refractivity (Wildman–Crippen MR) is 111 cm³/mol. The van der Waals surface area contributed by atoms with Gasteiger partial charge in [-0.1, -0.05) is 67.8 Å². The van der Waals surface area contributed by atoms with Crippen LogP contribution in [0.3, 0.4) is 0 Å². The van der Waals surface area contributed by atoms with Crippen molar-refractivity contribution in [3.8, 4) is 0 Å².